The molecule has 1 aliphatic heterocycles. The van der Waals surface area contributed by atoms with Gasteiger partial charge in [-0.2, -0.15) is 0 Å². The molecular formula is C21H26N2O5S2. The number of sulfonamides is 2. The standard InChI is InChI=1S/C21H26N2O5S2/c1-17(24)22-16-21(2,3)14-18(22)15-23(29(25,26)19-10-6-4-7-11-19)30(27,28)20-12-8-5-9-13-20/h4-13,18H,14-16H2,1-3H3. The van der Waals surface area contributed by atoms with Crippen LogP contribution in [0.2, 0.25) is 0 Å². The van der Waals surface area contributed by atoms with E-state index < -0.39 is 26.1 Å². The van der Waals surface area contributed by atoms with Gasteiger partial charge in [0.15, 0.2) is 0 Å². The van der Waals surface area contributed by atoms with Crippen LogP contribution in [-0.4, -0.2) is 50.5 Å². The molecule has 162 valence electrons. The number of hydrogen-bond donors (Lipinski definition) is 0. The molecule has 1 heterocycles. The van der Waals surface area contributed by atoms with Gasteiger partial charge in [-0.05, 0) is 36.1 Å². The molecule has 2 aromatic rings. The van der Waals surface area contributed by atoms with Gasteiger partial charge < -0.3 is 4.90 Å². The molecule has 0 N–H and O–H groups in total. The van der Waals surface area contributed by atoms with Gasteiger partial charge in [0.1, 0.15) is 0 Å². The van der Waals surface area contributed by atoms with Gasteiger partial charge in [-0.25, -0.2) is 16.8 Å². The van der Waals surface area contributed by atoms with E-state index in [4.69, 9.17) is 0 Å². The van der Waals surface area contributed by atoms with Crippen molar-refractivity contribution in [3.05, 3.63) is 60.7 Å². The van der Waals surface area contributed by atoms with Crippen molar-refractivity contribution in [2.75, 3.05) is 13.1 Å². The smallest absolute Gasteiger partial charge is 0.256 e. The van der Waals surface area contributed by atoms with Crippen molar-refractivity contribution in [2.45, 2.75) is 43.0 Å². The number of amides is 1. The molecular weight excluding hydrogens is 424 g/mol. The first kappa shape index (κ1) is 22.5. The summed E-state index contributed by atoms with van der Waals surface area (Å²) in [6, 6.07) is 14.4. The predicted octanol–water partition coefficient (Wildman–Crippen LogP) is 2.71. The second-order valence-corrected chi connectivity index (χ2v) is 12.2. The second kappa shape index (κ2) is 8.13. The van der Waals surface area contributed by atoms with E-state index in [1.807, 2.05) is 13.8 Å². The van der Waals surface area contributed by atoms with Crippen LogP contribution in [0, 0.1) is 5.41 Å². The molecule has 1 unspecified atom stereocenters. The highest BCUT2D eigenvalue weighted by Gasteiger charge is 2.45. The Hall–Kier alpha value is -2.23. The lowest BCUT2D eigenvalue weighted by atomic mass is 9.91. The summed E-state index contributed by atoms with van der Waals surface area (Å²) in [5, 5.41) is 0. The van der Waals surface area contributed by atoms with Crippen LogP contribution in [0.1, 0.15) is 27.2 Å². The van der Waals surface area contributed by atoms with Crippen LogP contribution >= 0.6 is 0 Å². The number of likely N-dealkylation sites (tertiary alicyclic amines) is 1. The van der Waals surface area contributed by atoms with Gasteiger partial charge in [-0.15, -0.1) is 0 Å². The van der Waals surface area contributed by atoms with Crippen LogP contribution in [0.5, 0.6) is 0 Å². The number of benzene rings is 2. The highest BCUT2D eigenvalue weighted by atomic mass is 32.3. The maximum atomic E-state index is 13.4. The molecule has 30 heavy (non-hydrogen) atoms. The predicted molar refractivity (Wildman–Crippen MR) is 114 cm³/mol. The molecule has 0 saturated carbocycles. The molecule has 2 aromatic carbocycles. The monoisotopic (exact) mass is 450 g/mol. The van der Waals surface area contributed by atoms with E-state index in [9.17, 15) is 21.6 Å². The average Bonchev–Trinajstić information content (AvgIpc) is 3.02. The van der Waals surface area contributed by atoms with E-state index >= 15 is 0 Å². The molecule has 1 amide bonds. The van der Waals surface area contributed by atoms with Crippen molar-refractivity contribution in [1.29, 1.82) is 0 Å². The molecule has 0 bridgehead atoms. The third-order valence-electron chi connectivity index (χ3n) is 5.21. The quantitative estimate of drug-likeness (QED) is 0.675. The maximum absolute atomic E-state index is 13.4. The number of carbonyl (C=O) groups excluding carboxylic acids is 1. The van der Waals surface area contributed by atoms with E-state index in [-0.39, 0.29) is 27.7 Å². The molecule has 1 saturated heterocycles. The van der Waals surface area contributed by atoms with E-state index in [1.165, 1.54) is 31.2 Å². The molecule has 1 fully saturated rings. The molecule has 3 rings (SSSR count). The summed E-state index contributed by atoms with van der Waals surface area (Å²) in [6.45, 7) is 5.47. The summed E-state index contributed by atoms with van der Waals surface area (Å²) >= 11 is 0. The summed E-state index contributed by atoms with van der Waals surface area (Å²) < 4.78 is 54.2. The first-order valence-corrected chi connectivity index (χ1v) is 12.5. The SMILES string of the molecule is CC(=O)N1CC(C)(C)CC1CN(S(=O)(=O)c1ccccc1)S(=O)(=O)c1ccccc1. The third-order valence-corrected chi connectivity index (χ3v) is 9.49. The molecule has 7 nitrogen and oxygen atoms in total. The zero-order valence-corrected chi connectivity index (χ0v) is 18.9. The molecule has 1 aliphatic rings. The largest absolute Gasteiger partial charge is 0.338 e. The lowest BCUT2D eigenvalue weighted by Gasteiger charge is -2.29. The summed E-state index contributed by atoms with van der Waals surface area (Å²) in [5.74, 6) is -0.209. The van der Waals surface area contributed by atoms with Gasteiger partial charge in [-0.3, -0.25) is 4.79 Å². The van der Waals surface area contributed by atoms with Crippen LogP contribution in [-0.2, 0) is 24.8 Å². The average molecular weight is 451 g/mol. The number of nitrogens with zero attached hydrogens (tertiary/aromatic N) is 2. The minimum atomic E-state index is -4.37. The van der Waals surface area contributed by atoms with Crippen molar-refractivity contribution < 1.29 is 21.6 Å². The second-order valence-electron chi connectivity index (χ2n) is 8.26. The van der Waals surface area contributed by atoms with Gasteiger partial charge in [-0.1, -0.05) is 54.0 Å². The molecule has 9 heteroatoms. The Morgan fingerprint density at radius 3 is 1.77 bits per heavy atom. The highest BCUT2D eigenvalue weighted by molar-refractivity contribution is 8.04. The van der Waals surface area contributed by atoms with E-state index in [1.54, 1.807) is 41.3 Å². The first-order valence-electron chi connectivity index (χ1n) is 9.60. The minimum absolute atomic E-state index is 0.115. The Labute approximate surface area is 178 Å². The summed E-state index contributed by atoms with van der Waals surface area (Å²) in [4.78, 5) is 13.5. The van der Waals surface area contributed by atoms with Crippen LogP contribution in [0.3, 0.4) is 0 Å². The third kappa shape index (κ3) is 4.43. The summed E-state index contributed by atoms with van der Waals surface area (Å²) in [6.07, 6.45) is 0.498. The van der Waals surface area contributed by atoms with Gasteiger partial charge in [0.2, 0.25) is 5.91 Å². The van der Waals surface area contributed by atoms with Crippen LogP contribution in [0.4, 0.5) is 0 Å². The van der Waals surface area contributed by atoms with E-state index in [2.05, 4.69) is 0 Å². The maximum Gasteiger partial charge on any atom is 0.256 e. The topological polar surface area (TPSA) is 91.8 Å². The molecule has 0 aromatic heterocycles. The fourth-order valence-corrected chi connectivity index (χ4v) is 7.61. The zero-order chi connectivity index (χ0) is 22.2. The number of rotatable bonds is 6. The fourth-order valence-electron chi connectivity index (χ4n) is 3.85. The lowest BCUT2D eigenvalue weighted by Crippen LogP contribution is -2.47. The van der Waals surface area contributed by atoms with Crippen LogP contribution in [0.25, 0.3) is 0 Å². The Kier molecular flexibility index (Phi) is 6.08. The van der Waals surface area contributed by atoms with Crippen molar-refractivity contribution in [3.8, 4) is 0 Å². The first-order chi connectivity index (χ1) is 13.9. The Balaban J connectivity index is 2.10. The molecule has 0 spiro atoms. The Bertz CT molecular complexity index is 1050. The Morgan fingerprint density at radius 2 is 1.37 bits per heavy atom. The van der Waals surface area contributed by atoms with Gasteiger partial charge in [0, 0.05) is 19.5 Å². The summed E-state index contributed by atoms with van der Waals surface area (Å²) in [7, 11) is -8.75. The fraction of sp³-hybridized carbons (Fsp3) is 0.381. The van der Waals surface area contributed by atoms with Gasteiger partial charge in [0.05, 0.1) is 16.3 Å². The van der Waals surface area contributed by atoms with Crippen molar-refractivity contribution in [3.63, 3.8) is 0 Å². The number of hydrogen-bond acceptors (Lipinski definition) is 5. The van der Waals surface area contributed by atoms with Gasteiger partial charge in [0.25, 0.3) is 20.0 Å². The Morgan fingerprint density at radius 1 is 0.933 bits per heavy atom. The lowest BCUT2D eigenvalue weighted by molar-refractivity contribution is -0.129. The highest BCUT2D eigenvalue weighted by Crippen LogP contribution is 2.36. The van der Waals surface area contributed by atoms with E-state index in [0.717, 1.165) is 0 Å². The van der Waals surface area contributed by atoms with Crippen molar-refractivity contribution >= 4 is 26.0 Å². The van der Waals surface area contributed by atoms with Crippen molar-refractivity contribution in [2.24, 2.45) is 5.41 Å². The molecule has 0 radical (unpaired) electrons. The van der Waals surface area contributed by atoms with Crippen LogP contribution < -0.4 is 0 Å². The summed E-state index contributed by atoms with van der Waals surface area (Å²) in [5.41, 5.74) is -0.241. The molecule has 0 aliphatic carbocycles. The van der Waals surface area contributed by atoms with Gasteiger partial charge >= 0.3 is 0 Å². The zero-order valence-electron chi connectivity index (χ0n) is 17.2. The van der Waals surface area contributed by atoms with E-state index in [0.29, 0.717) is 16.7 Å². The molecule has 1 atom stereocenters. The number of carbonyl (C=O) groups is 1. The van der Waals surface area contributed by atoms with Crippen LogP contribution in [0.15, 0.2) is 70.5 Å². The van der Waals surface area contributed by atoms with Crippen molar-refractivity contribution in [1.82, 2.24) is 8.61 Å². The minimum Gasteiger partial charge on any atom is -0.338 e. The normalized spacial score (nSPS) is 19.2.